The smallest absolute Gasteiger partial charge is 0.0734 e. The molecule has 0 unspecified atom stereocenters. The average Bonchev–Trinajstić information content (AvgIpc) is 2.50. The number of rotatable bonds is 1. The molecule has 0 bridgehead atoms. The predicted molar refractivity (Wildman–Crippen MR) is 100 cm³/mol. The molecule has 0 spiro atoms. The van der Waals surface area contributed by atoms with Crippen molar-refractivity contribution in [2.24, 2.45) is 0 Å². The molecule has 22 heavy (non-hydrogen) atoms. The van der Waals surface area contributed by atoms with Crippen LogP contribution in [0.2, 0.25) is 0 Å². The van der Waals surface area contributed by atoms with E-state index in [2.05, 4.69) is 76.9 Å². The standard InChI is InChI=1S/C16H19N.C3H8.C2H6/c1-12-8-7-11-17-15(12)13-9-5-6-10-14(13)16(2,3)4;1-3-2;1-2/h5-11H,1-4H3;3H2,1-2H3;1-2H3. The van der Waals surface area contributed by atoms with Gasteiger partial charge in [-0.15, -0.1) is 0 Å². The van der Waals surface area contributed by atoms with E-state index in [1.165, 1.54) is 23.1 Å². The number of benzene rings is 1. The second kappa shape index (κ2) is 10.2. The predicted octanol–water partition coefficient (Wildman–Crippen LogP) is 6.80. The lowest BCUT2D eigenvalue weighted by Crippen LogP contribution is -2.13. The quantitative estimate of drug-likeness (QED) is 0.564. The maximum Gasteiger partial charge on any atom is 0.0734 e. The molecule has 122 valence electrons. The molecule has 2 rings (SSSR count). The topological polar surface area (TPSA) is 12.9 Å². The van der Waals surface area contributed by atoms with Crippen molar-refractivity contribution in [1.82, 2.24) is 4.98 Å². The van der Waals surface area contributed by atoms with Crippen molar-refractivity contribution < 1.29 is 0 Å². The average molecular weight is 300 g/mol. The second-order valence-corrected chi connectivity index (χ2v) is 6.17. The van der Waals surface area contributed by atoms with Crippen LogP contribution < -0.4 is 0 Å². The molecule has 1 heteroatoms. The maximum absolute atomic E-state index is 4.52. The van der Waals surface area contributed by atoms with E-state index >= 15 is 0 Å². The Balaban J connectivity index is 0.000000789. The van der Waals surface area contributed by atoms with Gasteiger partial charge in [0, 0.05) is 11.8 Å². The third-order valence-corrected chi connectivity index (χ3v) is 3.00. The summed E-state index contributed by atoms with van der Waals surface area (Å²) >= 11 is 0. The van der Waals surface area contributed by atoms with E-state index in [1.807, 2.05) is 26.1 Å². The zero-order chi connectivity index (χ0) is 17.2. The fourth-order valence-electron chi connectivity index (χ4n) is 2.11. The van der Waals surface area contributed by atoms with E-state index in [1.54, 1.807) is 0 Å². The molecule has 0 aliphatic carbocycles. The van der Waals surface area contributed by atoms with Gasteiger partial charge in [0.15, 0.2) is 0 Å². The van der Waals surface area contributed by atoms with Gasteiger partial charge in [0.25, 0.3) is 0 Å². The second-order valence-electron chi connectivity index (χ2n) is 6.17. The van der Waals surface area contributed by atoms with Crippen molar-refractivity contribution in [3.05, 3.63) is 53.7 Å². The normalized spacial score (nSPS) is 10.0. The molecule has 0 fully saturated rings. The highest BCUT2D eigenvalue weighted by Gasteiger charge is 2.19. The Morgan fingerprint density at radius 1 is 0.909 bits per heavy atom. The van der Waals surface area contributed by atoms with Crippen LogP contribution in [0.3, 0.4) is 0 Å². The number of aromatic nitrogens is 1. The Kier molecular flexibility index (Phi) is 9.40. The Morgan fingerprint density at radius 3 is 1.95 bits per heavy atom. The van der Waals surface area contributed by atoms with Crippen LogP contribution in [0.15, 0.2) is 42.6 Å². The van der Waals surface area contributed by atoms with Crippen LogP contribution in [0, 0.1) is 6.92 Å². The van der Waals surface area contributed by atoms with Gasteiger partial charge in [0.2, 0.25) is 0 Å². The van der Waals surface area contributed by atoms with Crippen molar-refractivity contribution in [2.75, 3.05) is 0 Å². The molecule has 1 heterocycles. The van der Waals surface area contributed by atoms with Gasteiger partial charge >= 0.3 is 0 Å². The molecule has 0 atom stereocenters. The molecular weight excluding hydrogens is 266 g/mol. The fourth-order valence-corrected chi connectivity index (χ4v) is 2.11. The highest BCUT2D eigenvalue weighted by Crippen LogP contribution is 2.32. The molecule has 0 saturated carbocycles. The van der Waals surface area contributed by atoms with E-state index in [0.29, 0.717) is 0 Å². The molecule has 0 aliphatic rings. The number of aryl methyl sites for hydroxylation is 1. The van der Waals surface area contributed by atoms with Gasteiger partial charge < -0.3 is 0 Å². The van der Waals surface area contributed by atoms with Crippen molar-refractivity contribution in [2.45, 2.75) is 67.2 Å². The minimum atomic E-state index is 0.139. The van der Waals surface area contributed by atoms with Gasteiger partial charge in [-0.05, 0) is 29.5 Å². The largest absolute Gasteiger partial charge is 0.256 e. The van der Waals surface area contributed by atoms with Gasteiger partial charge in [-0.1, -0.05) is 85.2 Å². The lowest BCUT2D eigenvalue weighted by Gasteiger charge is -2.23. The summed E-state index contributed by atoms with van der Waals surface area (Å²) in [5, 5.41) is 0. The Labute approximate surface area is 137 Å². The highest BCUT2D eigenvalue weighted by molar-refractivity contribution is 5.67. The zero-order valence-corrected chi connectivity index (χ0v) is 15.7. The van der Waals surface area contributed by atoms with E-state index in [-0.39, 0.29) is 5.41 Å². The summed E-state index contributed by atoms with van der Waals surface area (Å²) in [6.07, 6.45) is 3.11. The third-order valence-electron chi connectivity index (χ3n) is 3.00. The minimum absolute atomic E-state index is 0.139. The zero-order valence-electron chi connectivity index (χ0n) is 15.7. The molecule has 1 aromatic heterocycles. The Bertz CT molecular complexity index is 536. The molecular formula is C21H33N. The number of hydrogen-bond acceptors (Lipinski definition) is 1. The van der Waals surface area contributed by atoms with Gasteiger partial charge in [0.1, 0.15) is 0 Å². The van der Waals surface area contributed by atoms with Crippen LogP contribution in [-0.4, -0.2) is 4.98 Å². The van der Waals surface area contributed by atoms with Crippen LogP contribution in [0.1, 0.15) is 66.0 Å². The Hall–Kier alpha value is -1.63. The maximum atomic E-state index is 4.52. The Morgan fingerprint density at radius 2 is 1.45 bits per heavy atom. The first kappa shape index (κ1) is 20.4. The van der Waals surface area contributed by atoms with Gasteiger partial charge in [0.05, 0.1) is 5.69 Å². The summed E-state index contributed by atoms with van der Waals surface area (Å²) < 4.78 is 0. The first-order valence-electron chi connectivity index (χ1n) is 8.43. The van der Waals surface area contributed by atoms with Crippen molar-refractivity contribution >= 4 is 0 Å². The summed E-state index contributed by atoms with van der Waals surface area (Å²) in [5.41, 5.74) is 5.06. The molecule has 2 aromatic rings. The van der Waals surface area contributed by atoms with Gasteiger partial charge in [-0.3, -0.25) is 4.98 Å². The number of nitrogens with zero attached hydrogens (tertiary/aromatic N) is 1. The van der Waals surface area contributed by atoms with E-state index < -0.39 is 0 Å². The molecule has 1 nitrogen and oxygen atoms in total. The third kappa shape index (κ3) is 6.01. The minimum Gasteiger partial charge on any atom is -0.256 e. The van der Waals surface area contributed by atoms with Crippen LogP contribution in [0.25, 0.3) is 11.3 Å². The summed E-state index contributed by atoms with van der Waals surface area (Å²) in [5.74, 6) is 0. The van der Waals surface area contributed by atoms with Crippen LogP contribution in [-0.2, 0) is 5.41 Å². The molecule has 0 N–H and O–H groups in total. The lowest BCUT2D eigenvalue weighted by molar-refractivity contribution is 0.591. The summed E-state index contributed by atoms with van der Waals surface area (Å²) in [6, 6.07) is 12.6. The number of pyridine rings is 1. The summed E-state index contributed by atoms with van der Waals surface area (Å²) in [6.45, 7) is 17.1. The SMILES string of the molecule is CC.CCC.Cc1cccnc1-c1ccccc1C(C)(C)C. The van der Waals surface area contributed by atoms with Crippen molar-refractivity contribution in [3.8, 4) is 11.3 Å². The molecule has 1 aromatic carbocycles. The molecule has 0 radical (unpaired) electrons. The highest BCUT2D eigenvalue weighted by atomic mass is 14.7. The van der Waals surface area contributed by atoms with E-state index in [9.17, 15) is 0 Å². The number of hydrogen-bond donors (Lipinski definition) is 0. The summed E-state index contributed by atoms with van der Waals surface area (Å²) in [7, 11) is 0. The summed E-state index contributed by atoms with van der Waals surface area (Å²) in [4.78, 5) is 4.52. The van der Waals surface area contributed by atoms with Gasteiger partial charge in [-0.25, -0.2) is 0 Å². The van der Waals surface area contributed by atoms with E-state index in [4.69, 9.17) is 0 Å². The monoisotopic (exact) mass is 299 g/mol. The van der Waals surface area contributed by atoms with E-state index in [0.717, 1.165) is 5.69 Å². The first-order valence-corrected chi connectivity index (χ1v) is 8.43. The first-order chi connectivity index (χ1) is 10.4. The lowest BCUT2D eigenvalue weighted by atomic mass is 9.82. The van der Waals surface area contributed by atoms with Crippen LogP contribution >= 0.6 is 0 Å². The molecule has 0 amide bonds. The van der Waals surface area contributed by atoms with Gasteiger partial charge in [-0.2, -0.15) is 0 Å². The molecule has 0 saturated heterocycles. The van der Waals surface area contributed by atoms with Crippen molar-refractivity contribution in [3.63, 3.8) is 0 Å². The van der Waals surface area contributed by atoms with Crippen LogP contribution in [0.4, 0.5) is 0 Å². The van der Waals surface area contributed by atoms with Crippen LogP contribution in [0.5, 0.6) is 0 Å². The van der Waals surface area contributed by atoms with Crippen molar-refractivity contribution in [1.29, 1.82) is 0 Å². The fraction of sp³-hybridized carbons (Fsp3) is 0.476. The molecule has 0 aliphatic heterocycles.